The molecule has 4 heteroatoms. The molecule has 2 unspecified atom stereocenters. The van der Waals surface area contributed by atoms with Crippen LogP contribution in [0.2, 0.25) is 0 Å². The maximum Gasteiger partial charge on any atom is 0.0487 e. The third-order valence-corrected chi connectivity index (χ3v) is 6.05. The van der Waals surface area contributed by atoms with Gasteiger partial charge in [-0.15, -0.1) is 0 Å². The highest BCUT2D eigenvalue weighted by Gasteiger charge is 2.50. The Morgan fingerprint density at radius 1 is 1.21 bits per heavy atom. The average Bonchev–Trinajstić information content (AvgIpc) is 2.47. The lowest BCUT2D eigenvalue weighted by molar-refractivity contribution is -0.0817. The lowest BCUT2D eigenvalue weighted by Crippen LogP contribution is -2.71. The molecule has 4 aliphatic rings. The number of rotatable bonds is 3. The normalized spacial score (nSPS) is 43.9. The van der Waals surface area contributed by atoms with E-state index < -0.39 is 0 Å². The van der Waals surface area contributed by atoms with Crippen molar-refractivity contribution in [1.29, 1.82) is 0 Å². The number of fused-ring (bicyclic) bond motifs is 3. The van der Waals surface area contributed by atoms with E-state index in [1.807, 2.05) is 0 Å². The van der Waals surface area contributed by atoms with Crippen LogP contribution in [0.25, 0.3) is 0 Å². The fraction of sp³-hybridized carbons (Fsp3) is 1.00. The van der Waals surface area contributed by atoms with E-state index in [4.69, 9.17) is 5.73 Å². The van der Waals surface area contributed by atoms with E-state index in [2.05, 4.69) is 28.8 Å². The van der Waals surface area contributed by atoms with E-state index >= 15 is 0 Å². The van der Waals surface area contributed by atoms with Crippen molar-refractivity contribution < 1.29 is 0 Å². The Kier molecular flexibility index (Phi) is 3.87. The van der Waals surface area contributed by atoms with Gasteiger partial charge in [-0.25, -0.2) is 0 Å². The third kappa shape index (κ3) is 2.33. The van der Waals surface area contributed by atoms with Gasteiger partial charge in [-0.3, -0.25) is 4.90 Å². The summed E-state index contributed by atoms with van der Waals surface area (Å²) in [7, 11) is 4.60. The largest absolute Gasteiger partial charge is 0.329 e. The van der Waals surface area contributed by atoms with E-state index in [9.17, 15) is 0 Å². The lowest BCUT2D eigenvalue weighted by atomic mass is 9.71. The highest BCUT2D eigenvalue weighted by Crippen LogP contribution is 2.40. The molecule has 0 aromatic carbocycles. The van der Waals surface area contributed by atoms with E-state index in [1.54, 1.807) is 0 Å². The average molecular weight is 266 g/mol. The molecular weight excluding hydrogens is 236 g/mol. The van der Waals surface area contributed by atoms with Gasteiger partial charge in [0, 0.05) is 31.2 Å². The van der Waals surface area contributed by atoms with Gasteiger partial charge in [-0.1, -0.05) is 0 Å². The van der Waals surface area contributed by atoms with Crippen molar-refractivity contribution in [1.82, 2.24) is 14.7 Å². The summed E-state index contributed by atoms with van der Waals surface area (Å²) < 4.78 is 0. The van der Waals surface area contributed by atoms with Gasteiger partial charge in [0.1, 0.15) is 0 Å². The molecule has 2 bridgehead atoms. The first-order valence-electron chi connectivity index (χ1n) is 7.99. The molecule has 110 valence electrons. The summed E-state index contributed by atoms with van der Waals surface area (Å²) in [5, 5.41) is 0. The minimum Gasteiger partial charge on any atom is -0.329 e. The summed E-state index contributed by atoms with van der Waals surface area (Å²) in [5.74, 6) is 0.819. The Morgan fingerprint density at radius 2 is 1.95 bits per heavy atom. The smallest absolute Gasteiger partial charge is 0.0487 e. The van der Waals surface area contributed by atoms with Gasteiger partial charge < -0.3 is 15.5 Å². The molecule has 0 aromatic heterocycles. The summed E-state index contributed by atoms with van der Waals surface area (Å²) in [5.41, 5.74) is 6.53. The number of likely N-dealkylation sites (tertiary alicyclic amines) is 1. The van der Waals surface area contributed by atoms with Gasteiger partial charge in [-0.2, -0.15) is 0 Å². The van der Waals surface area contributed by atoms with Crippen LogP contribution in [0.3, 0.4) is 0 Å². The molecule has 4 nitrogen and oxygen atoms in total. The number of piperidine rings is 4. The van der Waals surface area contributed by atoms with Crippen LogP contribution in [0.5, 0.6) is 0 Å². The molecule has 4 rings (SSSR count). The standard InChI is InChI=1S/C15H30N4/c1-17-7-3-4-14(10-17)18(2)15(11-16)12-19-8-5-13(15)6-9-19/h13-14H,3-12,16H2,1-2H3. The molecule has 2 atom stereocenters. The predicted molar refractivity (Wildman–Crippen MR) is 79.2 cm³/mol. The molecule has 0 aliphatic carbocycles. The first kappa shape index (κ1) is 13.8. The number of nitrogens with zero attached hydrogens (tertiary/aromatic N) is 3. The zero-order valence-corrected chi connectivity index (χ0v) is 12.6. The highest BCUT2D eigenvalue weighted by molar-refractivity contribution is 5.07. The van der Waals surface area contributed by atoms with Crippen molar-refractivity contribution in [2.75, 3.05) is 53.4 Å². The highest BCUT2D eigenvalue weighted by atomic mass is 15.3. The summed E-state index contributed by atoms with van der Waals surface area (Å²) in [6, 6.07) is 0.697. The fourth-order valence-electron chi connectivity index (χ4n) is 4.74. The Morgan fingerprint density at radius 3 is 2.47 bits per heavy atom. The van der Waals surface area contributed by atoms with Gasteiger partial charge in [0.2, 0.25) is 0 Å². The second-order valence-electron chi connectivity index (χ2n) is 7.03. The van der Waals surface area contributed by atoms with Gasteiger partial charge >= 0.3 is 0 Å². The van der Waals surface area contributed by atoms with E-state index in [-0.39, 0.29) is 5.54 Å². The molecule has 4 fully saturated rings. The van der Waals surface area contributed by atoms with Crippen molar-refractivity contribution in [3.63, 3.8) is 0 Å². The van der Waals surface area contributed by atoms with Gasteiger partial charge in [-0.05, 0) is 65.3 Å². The van der Waals surface area contributed by atoms with Crippen LogP contribution < -0.4 is 5.73 Å². The molecule has 0 saturated carbocycles. The second kappa shape index (κ2) is 5.32. The van der Waals surface area contributed by atoms with Crippen LogP contribution in [0.1, 0.15) is 25.7 Å². The van der Waals surface area contributed by atoms with Crippen LogP contribution in [-0.2, 0) is 0 Å². The molecule has 0 spiro atoms. The number of hydrogen-bond acceptors (Lipinski definition) is 4. The topological polar surface area (TPSA) is 35.7 Å². The first-order valence-corrected chi connectivity index (χ1v) is 7.99. The second-order valence-corrected chi connectivity index (χ2v) is 7.03. The summed E-state index contributed by atoms with van der Waals surface area (Å²) >= 11 is 0. The minimum absolute atomic E-state index is 0.249. The Balaban J connectivity index is 1.77. The van der Waals surface area contributed by atoms with Crippen LogP contribution in [-0.4, -0.2) is 79.6 Å². The summed E-state index contributed by atoms with van der Waals surface area (Å²) in [6.07, 6.45) is 5.38. The van der Waals surface area contributed by atoms with Crippen molar-refractivity contribution in [3.05, 3.63) is 0 Å². The molecular formula is C15H30N4. The molecule has 19 heavy (non-hydrogen) atoms. The van der Waals surface area contributed by atoms with Gasteiger partial charge in [0.05, 0.1) is 0 Å². The van der Waals surface area contributed by atoms with Crippen LogP contribution >= 0.6 is 0 Å². The van der Waals surface area contributed by atoms with Crippen LogP contribution in [0.4, 0.5) is 0 Å². The third-order valence-electron chi connectivity index (χ3n) is 6.05. The summed E-state index contributed by atoms with van der Waals surface area (Å²) in [6.45, 7) is 7.09. The predicted octanol–water partition coefficient (Wildman–Crippen LogP) is 0.436. The lowest BCUT2D eigenvalue weighted by Gasteiger charge is -2.59. The molecule has 4 aliphatic heterocycles. The number of nitrogens with two attached hydrogens (primary N) is 1. The van der Waals surface area contributed by atoms with Gasteiger partial charge in [0.25, 0.3) is 0 Å². The minimum atomic E-state index is 0.249. The number of hydrogen-bond donors (Lipinski definition) is 1. The van der Waals surface area contributed by atoms with E-state index in [0.29, 0.717) is 6.04 Å². The van der Waals surface area contributed by atoms with E-state index in [1.165, 1.54) is 58.4 Å². The number of likely N-dealkylation sites (N-methyl/N-ethyl adjacent to an activating group) is 2. The zero-order chi connectivity index (χ0) is 13.5. The van der Waals surface area contributed by atoms with Crippen molar-refractivity contribution in [3.8, 4) is 0 Å². The molecule has 4 saturated heterocycles. The quantitative estimate of drug-likeness (QED) is 0.804. The van der Waals surface area contributed by atoms with Crippen LogP contribution in [0, 0.1) is 5.92 Å². The molecule has 0 aromatic rings. The van der Waals surface area contributed by atoms with Crippen molar-refractivity contribution in [2.45, 2.75) is 37.3 Å². The zero-order valence-electron chi connectivity index (χ0n) is 12.6. The van der Waals surface area contributed by atoms with Gasteiger partial charge in [0.15, 0.2) is 0 Å². The van der Waals surface area contributed by atoms with Crippen molar-refractivity contribution in [2.24, 2.45) is 11.7 Å². The molecule has 0 radical (unpaired) electrons. The maximum absolute atomic E-state index is 6.29. The van der Waals surface area contributed by atoms with Crippen molar-refractivity contribution >= 4 is 0 Å². The Labute approximate surface area is 117 Å². The first-order chi connectivity index (χ1) is 9.15. The molecule has 4 heterocycles. The monoisotopic (exact) mass is 266 g/mol. The SMILES string of the molecule is CN1CCCC(N(C)C2(CN)CN3CCC2CC3)C1. The summed E-state index contributed by atoms with van der Waals surface area (Å²) in [4.78, 5) is 7.80. The molecule has 2 N–H and O–H groups in total. The fourth-order valence-corrected chi connectivity index (χ4v) is 4.74. The van der Waals surface area contributed by atoms with E-state index in [0.717, 1.165) is 12.5 Å². The van der Waals surface area contributed by atoms with Crippen LogP contribution in [0.15, 0.2) is 0 Å². The molecule has 0 amide bonds. The maximum atomic E-state index is 6.29. The Bertz CT molecular complexity index is 313. The Hall–Kier alpha value is -0.160.